The molecule has 1 amide bonds. The Labute approximate surface area is 185 Å². The lowest BCUT2D eigenvalue weighted by Crippen LogP contribution is -2.50. The molecule has 0 saturated carbocycles. The molecule has 3 N–H and O–H groups in total. The summed E-state index contributed by atoms with van der Waals surface area (Å²) >= 11 is 0. The second-order valence-electron chi connectivity index (χ2n) is 7.79. The van der Waals surface area contributed by atoms with Crippen molar-refractivity contribution in [3.8, 4) is 0 Å². The highest BCUT2D eigenvalue weighted by Gasteiger charge is 2.50. The molecule has 1 atom stereocenters. The Morgan fingerprint density at radius 3 is 2.64 bits per heavy atom. The van der Waals surface area contributed by atoms with Crippen LogP contribution in [-0.2, 0) is 29.9 Å². The second kappa shape index (κ2) is 8.52. The first-order valence-electron chi connectivity index (χ1n) is 9.90. The zero-order chi connectivity index (χ0) is 23.8. The fourth-order valence-corrected chi connectivity index (χ4v) is 3.62. The molecular weight excluding hydrogens is 444 g/mol. The van der Waals surface area contributed by atoms with Crippen LogP contribution in [0.15, 0.2) is 42.7 Å². The summed E-state index contributed by atoms with van der Waals surface area (Å²) in [7, 11) is 1.63. The van der Waals surface area contributed by atoms with Gasteiger partial charge in [-0.3, -0.25) is 4.79 Å². The molecule has 3 heterocycles. The van der Waals surface area contributed by atoms with E-state index in [2.05, 4.69) is 20.5 Å². The van der Waals surface area contributed by atoms with Gasteiger partial charge in [-0.05, 0) is 35.4 Å². The van der Waals surface area contributed by atoms with Gasteiger partial charge >= 0.3 is 6.18 Å². The van der Waals surface area contributed by atoms with Crippen molar-refractivity contribution < 1.29 is 27.1 Å². The number of halogens is 4. The van der Waals surface area contributed by atoms with E-state index in [0.29, 0.717) is 5.56 Å². The monoisotopic (exact) mass is 464 g/mol. The maximum Gasteiger partial charge on any atom is 0.433 e. The Morgan fingerprint density at radius 2 is 2.06 bits per heavy atom. The van der Waals surface area contributed by atoms with Crippen molar-refractivity contribution in [2.24, 2.45) is 12.8 Å². The molecule has 0 spiro atoms. The number of ether oxygens (including phenoxy) is 1. The van der Waals surface area contributed by atoms with Crippen molar-refractivity contribution in [2.75, 3.05) is 18.5 Å². The summed E-state index contributed by atoms with van der Waals surface area (Å²) in [6.07, 6.45) is -4.86. The van der Waals surface area contributed by atoms with Gasteiger partial charge in [-0.2, -0.15) is 13.2 Å². The normalized spacial score (nSPS) is 16.2. The van der Waals surface area contributed by atoms with E-state index in [1.54, 1.807) is 31.3 Å². The van der Waals surface area contributed by atoms with Crippen LogP contribution < -0.4 is 11.1 Å². The average molecular weight is 464 g/mol. The lowest BCUT2D eigenvalue weighted by atomic mass is 9.74. The van der Waals surface area contributed by atoms with E-state index in [0.717, 1.165) is 6.07 Å². The fourth-order valence-electron chi connectivity index (χ4n) is 3.62. The standard InChI is InChI=1S/C21H20F4N6O2/c1-31-11-27-30-18(31)17(22)20(9-33-10-20)13-3-2-4-14(7-13)28-19(32)15-5-12(8-26)6-16(29-15)21(23,24)25/h2-7,11,17H,8-10,26H2,1H3,(H,28,32)/t17-/m1/s1. The highest BCUT2D eigenvalue weighted by molar-refractivity contribution is 6.03. The minimum absolute atomic E-state index is 0.0907. The van der Waals surface area contributed by atoms with Crippen LogP contribution in [0.25, 0.3) is 0 Å². The molecule has 0 radical (unpaired) electrons. The lowest BCUT2D eigenvalue weighted by molar-refractivity contribution is -0.141. The third kappa shape index (κ3) is 4.31. The molecule has 3 aromatic rings. The average Bonchev–Trinajstić information content (AvgIpc) is 3.18. The van der Waals surface area contributed by atoms with Gasteiger partial charge in [-0.15, -0.1) is 10.2 Å². The third-order valence-electron chi connectivity index (χ3n) is 5.52. The molecular formula is C21H20F4N6O2. The van der Waals surface area contributed by atoms with E-state index < -0.39 is 35.1 Å². The number of hydrogen-bond acceptors (Lipinski definition) is 6. The number of aromatic nitrogens is 4. The van der Waals surface area contributed by atoms with Gasteiger partial charge < -0.3 is 20.4 Å². The van der Waals surface area contributed by atoms with Crippen LogP contribution >= 0.6 is 0 Å². The number of rotatable bonds is 6. The number of hydrogen-bond donors (Lipinski definition) is 2. The van der Waals surface area contributed by atoms with Gasteiger partial charge in [0.05, 0.1) is 18.6 Å². The smallest absolute Gasteiger partial charge is 0.379 e. The second-order valence-corrected chi connectivity index (χ2v) is 7.79. The zero-order valence-corrected chi connectivity index (χ0v) is 17.4. The quantitative estimate of drug-likeness (QED) is 0.543. The number of aryl methyl sites for hydroxylation is 1. The minimum Gasteiger partial charge on any atom is -0.379 e. The fraction of sp³-hybridized carbons (Fsp3) is 0.333. The van der Waals surface area contributed by atoms with Crippen molar-refractivity contribution in [3.05, 3.63) is 71.1 Å². The summed E-state index contributed by atoms with van der Waals surface area (Å²) in [5.74, 6) is -0.716. The SMILES string of the molecule is Cn1cnnc1[C@@H](F)C1(c2cccc(NC(=O)c3cc(CN)cc(C(F)(F)F)n3)c2)COC1. The van der Waals surface area contributed by atoms with Crippen LogP contribution in [0.5, 0.6) is 0 Å². The number of pyridine rings is 1. The van der Waals surface area contributed by atoms with E-state index >= 15 is 4.39 Å². The van der Waals surface area contributed by atoms with Gasteiger partial charge in [0.1, 0.15) is 17.7 Å². The molecule has 8 nitrogen and oxygen atoms in total. The third-order valence-corrected chi connectivity index (χ3v) is 5.52. The van der Waals surface area contributed by atoms with Crippen LogP contribution in [0, 0.1) is 0 Å². The van der Waals surface area contributed by atoms with E-state index in [1.807, 2.05) is 0 Å². The number of nitrogens with zero attached hydrogens (tertiary/aromatic N) is 4. The summed E-state index contributed by atoms with van der Waals surface area (Å²) in [5, 5.41) is 10.1. The van der Waals surface area contributed by atoms with Crippen molar-refractivity contribution in [1.82, 2.24) is 19.7 Å². The molecule has 1 aliphatic heterocycles. The molecule has 2 aromatic heterocycles. The number of nitrogens with one attached hydrogen (secondary N) is 1. The van der Waals surface area contributed by atoms with Gasteiger partial charge in [0.2, 0.25) is 0 Å². The summed E-state index contributed by atoms with van der Waals surface area (Å²) in [6.45, 7) is -0.00917. The number of carbonyl (C=O) groups excluding carboxylic acids is 1. The van der Waals surface area contributed by atoms with Crippen LogP contribution in [0.3, 0.4) is 0 Å². The van der Waals surface area contributed by atoms with E-state index in [9.17, 15) is 18.0 Å². The highest BCUT2D eigenvalue weighted by Crippen LogP contribution is 2.45. The summed E-state index contributed by atoms with van der Waals surface area (Å²) in [6, 6.07) is 8.39. The first-order chi connectivity index (χ1) is 15.6. The number of alkyl halides is 4. The first-order valence-corrected chi connectivity index (χ1v) is 9.90. The molecule has 12 heteroatoms. The highest BCUT2D eigenvalue weighted by atomic mass is 19.4. The molecule has 0 aliphatic carbocycles. The lowest BCUT2D eigenvalue weighted by Gasteiger charge is -2.43. The van der Waals surface area contributed by atoms with Crippen LogP contribution in [0.4, 0.5) is 23.2 Å². The van der Waals surface area contributed by atoms with E-state index in [-0.39, 0.29) is 36.8 Å². The maximum atomic E-state index is 15.5. The van der Waals surface area contributed by atoms with Gasteiger partial charge in [0, 0.05) is 19.3 Å². The Bertz CT molecular complexity index is 1180. The molecule has 174 valence electrons. The molecule has 0 bridgehead atoms. The number of amides is 1. The first kappa shape index (κ1) is 22.8. The Balaban J connectivity index is 1.61. The maximum absolute atomic E-state index is 15.5. The molecule has 1 aromatic carbocycles. The predicted octanol–water partition coefficient (Wildman–Crippen LogP) is 2.92. The van der Waals surface area contributed by atoms with Crippen LogP contribution in [0.1, 0.15) is 39.3 Å². The molecule has 1 fully saturated rings. The van der Waals surface area contributed by atoms with Crippen molar-refractivity contribution in [3.63, 3.8) is 0 Å². The van der Waals surface area contributed by atoms with E-state index in [4.69, 9.17) is 10.5 Å². The molecule has 0 unspecified atom stereocenters. The van der Waals surface area contributed by atoms with Gasteiger partial charge in [0.25, 0.3) is 5.91 Å². The summed E-state index contributed by atoms with van der Waals surface area (Å²) in [4.78, 5) is 16.1. The van der Waals surface area contributed by atoms with E-state index in [1.165, 1.54) is 17.0 Å². The Hall–Kier alpha value is -3.38. The molecule has 33 heavy (non-hydrogen) atoms. The number of carbonyl (C=O) groups is 1. The summed E-state index contributed by atoms with van der Waals surface area (Å²) < 4.78 is 61.7. The minimum atomic E-state index is -4.73. The van der Waals surface area contributed by atoms with Gasteiger partial charge in [-0.25, -0.2) is 9.37 Å². The Morgan fingerprint density at radius 1 is 1.30 bits per heavy atom. The van der Waals surface area contributed by atoms with Crippen molar-refractivity contribution >= 4 is 11.6 Å². The van der Waals surface area contributed by atoms with Crippen LogP contribution in [0.2, 0.25) is 0 Å². The predicted molar refractivity (Wildman–Crippen MR) is 109 cm³/mol. The van der Waals surface area contributed by atoms with Crippen molar-refractivity contribution in [2.45, 2.75) is 24.3 Å². The largest absolute Gasteiger partial charge is 0.433 e. The molecule has 4 rings (SSSR count). The molecule has 1 aliphatic rings. The van der Waals surface area contributed by atoms with Crippen molar-refractivity contribution in [1.29, 1.82) is 0 Å². The van der Waals surface area contributed by atoms with Gasteiger partial charge in [-0.1, -0.05) is 12.1 Å². The van der Waals surface area contributed by atoms with Crippen LogP contribution in [-0.4, -0.2) is 38.9 Å². The van der Waals surface area contributed by atoms with Gasteiger partial charge in [0.15, 0.2) is 12.0 Å². The number of anilines is 1. The number of benzene rings is 1. The Kier molecular flexibility index (Phi) is 5.89. The summed E-state index contributed by atoms with van der Waals surface area (Å²) in [5.41, 5.74) is 3.71. The number of nitrogens with two attached hydrogens (primary N) is 1. The zero-order valence-electron chi connectivity index (χ0n) is 17.4. The topological polar surface area (TPSA) is 108 Å². The molecule has 1 saturated heterocycles.